The molecule has 0 aliphatic rings. The molecule has 0 aromatic heterocycles. The van der Waals surface area contributed by atoms with Crippen molar-refractivity contribution in [2.24, 2.45) is 5.92 Å². The number of hydrogen-bond donors (Lipinski definition) is 1. The van der Waals surface area contributed by atoms with Gasteiger partial charge in [0.25, 0.3) is 0 Å². The van der Waals surface area contributed by atoms with E-state index in [0.29, 0.717) is 5.92 Å². The molecule has 1 aromatic carbocycles. The molecule has 3 heteroatoms. The number of nitrogens with zero attached hydrogens (tertiary/aromatic N) is 1. The molecular weight excluding hydrogens is 268 g/mol. The maximum Gasteiger partial charge on any atom is 0.0428 e. The molecule has 1 rings (SSSR count). The van der Waals surface area contributed by atoms with Crippen molar-refractivity contribution in [3.8, 4) is 0 Å². The van der Waals surface area contributed by atoms with E-state index >= 15 is 0 Å². The fourth-order valence-corrected chi connectivity index (χ4v) is 2.22. The van der Waals surface area contributed by atoms with E-state index in [1.807, 2.05) is 6.07 Å². The molecule has 0 heterocycles. The fraction of sp³-hybridized carbons (Fsp3) is 0.647. The lowest BCUT2D eigenvalue weighted by atomic mass is 9.98. The highest BCUT2D eigenvalue weighted by molar-refractivity contribution is 6.30. The average Bonchev–Trinajstić information content (AvgIpc) is 2.39. The highest BCUT2D eigenvalue weighted by Gasteiger charge is 2.23. The molecule has 0 fully saturated rings. The zero-order valence-electron chi connectivity index (χ0n) is 13.8. The summed E-state index contributed by atoms with van der Waals surface area (Å²) in [6, 6.07) is 6.18. The molecule has 0 saturated carbocycles. The van der Waals surface area contributed by atoms with Crippen LogP contribution in [0.1, 0.15) is 46.6 Å². The number of benzene rings is 1. The average molecular weight is 297 g/mol. The van der Waals surface area contributed by atoms with Crippen LogP contribution in [0.15, 0.2) is 18.2 Å². The number of rotatable bonds is 7. The molecule has 0 aliphatic carbocycles. The summed E-state index contributed by atoms with van der Waals surface area (Å²) in [4.78, 5) is 2.34. The van der Waals surface area contributed by atoms with E-state index in [-0.39, 0.29) is 5.54 Å². The Balaban J connectivity index is 2.95. The van der Waals surface area contributed by atoms with Crippen LogP contribution in [0, 0.1) is 5.92 Å². The van der Waals surface area contributed by atoms with E-state index < -0.39 is 0 Å². The van der Waals surface area contributed by atoms with Crippen molar-refractivity contribution in [2.75, 3.05) is 18.5 Å². The molecule has 1 aromatic rings. The fourth-order valence-electron chi connectivity index (χ4n) is 2.06. The predicted molar refractivity (Wildman–Crippen MR) is 90.8 cm³/mol. The lowest BCUT2D eigenvalue weighted by Crippen LogP contribution is -2.41. The summed E-state index contributed by atoms with van der Waals surface area (Å²) in [5, 5.41) is 4.31. The minimum atomic E-state index is 0.123. The van der Waals surface area contributed by atoms with Gasteiger partial charge in [0, 0.05) is 29.8 Å². The van der Waals surface area contributed by atoms with E-state index in [1.54, 1.807) is 0 Å². The third-order valence-electron chi connectivity index (χ3n) is 4.05. The molecule has 0 bridgehead atoms. The maximum absolute atomic E-state index is 6.19. The van der Waals surface area contributed by atoms with Gasteiger partial charge in [0.05, 0.1) is 0 Å². The van der Waals surface area contributed by atoms with Crippen LogP contribution in [0.3, 0.4) is 0 Å². The summed E-state index contributed by atoms with van der Waals surface area (Å²) < 4.78 is 0. The van der Waals surface area contributed by atoms with Crippen molar-refractivity contribution in [3.63, 3.8) is 0 Å². The minimum absolute atomic E-state index is 0.123. The Morgan fingerprint density at radius 2 is 1.95 bits per heavy atom. The van der Waals surface area contributed by atoms with Gasteiger partial charge in [0.2, 0.25) is 0 Å². The van der Waals surface area contributed by atoms with Crippen LogP contribution in [0.5, 0.6) is 0 Å². The summed E-state index contributed by atoms with van der Waals surface area (Å²) in [7, 11) is 2.15. The Kier molecular flexibility index (Phi) is 6.35. The van der Waals surface area contributed by atoms with Crippen LogP contribution in [-0.4, -0.2) is 19.1 Å². The molecule has 0 radical (unpaired) electrons. The Labute approximate surface area is 129 Å². The van der Waals surface area contributed by atoms with E-state index in [1.165, 1.54) is 11.3 Å². The molecule has 0 aliphatic heterocycles. The summed E-state index contributed by atoms with van der Waals surface area (Å²) in [6.45, 7) is 13.1. The molecular formula is C17H29ClN2. The molecule has 0 unspecified atom stereocenters. The molecule has 20 heavy (non-hydrogen) atoms. The number of anilines is 1. The second kappa shape index (κ2) is 7.33. The third-order valence-corrected chi connectivity index (χ3v) is 4.29. The van der Waals surface area contributed by atoms with Crippen LogP contribution in [0.2, 0.25) is 5.02 Å². The van der Waals surface area contributed by atoms with Crippen molar-refractivity contribution in [2.45, 2.75) is 53.1 Å². The standard InChI is InChI=1S/C17H29ClN2/c1-7-17(4,5)20(6)16-10-15(18)9-8-14(16)12-19-11-13(2)3/h8-10,13,19H,7,11-12H2,1-6H3. The smallest absolute Gasteiger partial charge is 0.0428 e. The maximum atomic E-state index is 6.19. The summed E-state index contributed by atoms with van der Waals surface area (Å²) in [5.41, 5.74) is 2.65. The van der Waals surface area contributed by atoms with Gasteiger partial charge in [-0.3, -0.25) is 0 Å². The van der Waals surface area contributed by atoms with Gasteiger partial charge in [-0.1, -0.05) is 38.4 Å². The SMILES string of the molecule is CCC(C)(C)N(C)c1cc(Cl)ccc1CNCC(C)C. The van der Waals surface area contributed by atoms with Crippen LogP contribution in [-0.2, 0) is 6.54 Å². The van der Waals surface area contributed by atoms with E-state index in [0.717, 1.165) is 24.5 Å². The lowest BCUT2D eigenvalue weighted by molar-refractivity contribution is 0.468. The van der Waals surface area contributed by atoms with Crippen molar-refractivity contribution < 1.29 is 0 Å². The molecule has 0 saturated heterocycles. The first kappa shape index (κ1) is 17.3. The zero-order valence-corrected chi connectivity index (χ0v) is 14.5. The first-order chi connectivity index (χ1) is 9.27. The quantitative estimate of drug-likeness (QED) is 0.784. The Bertz CT molecular complexity index is 427. The molecule has 1 N–H and O–H groups in total. The van der Waals surface area contributed by atoms with Gasteiger partial charge < -0.3 is 10.2 Å². The van der Waals surface area contributed by atoms with Gasteiger partial charge >= 0.3 is 0 Å². The highest BCUT2D eigenvalue weighted by Crippen LogP contribution is 2.30. The first-order valence-corrected chi connectivity index (χ1v) is 7.88. The molecule has 2 nitrogen and oxygen atoms in total. The van der Waals surface area contributed by atoms with Crippen LogP contribution >= 0.6 is 11.6 Å². The largest absolute Gasteiger partial charge is 0.369 e. The second-order valence-corrected chi connectivity index (χ2v) is 6.96. The molecule has 0 atom stereocenters. The van der Waals surface area contributed by atoms with Gasteiger partial charge in [-0.05, 0) is 50.4 Å². The molecule has 0 amide bonds. The third kappa shape index (κ3) is 4.68. The van der Waals surface area contributed by atoms with Gasteiger partial charge in [-0.2, -0.15) is 0 Å². The normalized spacial score (nSPS) is 12.0. The topological polar surface area (TPSA) is 15.3 Å². The summed E-state index contributed by atoms with van der Waals surface area (Å²) in [5.74, 6) is 0.663. The van der Waals surface area contributed by atoms with Crippen LogP contribution in [0.4, 0.5) is 5.69 Å². The minimum Gasteiger partial charge on any atom is -0.369 e. The Hall–Kier alpha value is -0.730. The van der Waals surface area contributed by atoms with Gasteiger partial charge in [0.1, 0.15) is 0 Å². The van der Waals surface area contributed by atoms with Gasteiger partial charge in [-0.15, -0.1) is 0 Å². The van der Waals surface area contributed by atoms with E-state index in [9.17, 15) is 0 Å². The number of hydrogen-bond acceptors (Lipinski definition) is 2. The second-order valence-electron chi connectivity index (χ2n) is 6.52. The predicted octanol–water partition coefficient (Wildman–Crippen LogP) is 4.71. The van der Waals surface area contributed by atoms with E-state index in [2.05, 4.69) is 64.0 Å². The van der Waals surface area contributed by atoms with E-state index in [4.69, 9.17) is 11.6 Å². The van der Waals surface area contributed by atoms with Crippen molar-refractivity contribution in [1.29, 1.82) is 0 Å². The Morgan fingerprint density at radius 3 is 2.50 bits per heavy atom. The molecule has 0 spiro atoms. The van der Waals surface area contributed by atoms with Crippen molar-refractivity contribution >= 4 is 17.3 Å². The van der Waals surface area contributed by atoms with Crippen LogP contribution in [0.25, 0.3) is 0 Å². The van der Waals surface area contributed by atoms with Gasteiger partial charge in [-0.25, -0.2) is 0 Å². The number of nitrogens with one attached hydrogen (secondary N) is 1. The summed E-state index contributed by atoms with van der Waals surface area (Å²) >= 11 is 6.19. The lowest BCUT2D eigenvalue weighted by Gasteiger charge is -2.38. The first-order valence-electron chi connectivity index (χ1n) is 7.51. The summed E-state index contributed by atoms with van der Waals surface area (Å²) in [6.07, 6.45) is 1.09. The monoisotopic (exact) mass is 296 g/mol. The zero-order chi connectivity index (χ0) is 15.3. The van der Waals surface area contributed by atoms with Gasteiger partial charge in [0.15, 0.2) is 0 Å². The Morgan fingerprint density at radius 1 is 1.30 bits per heavy atom. The van der Waals surface area contributed by atoms with Crippen molar-refractivity contribution in [3.05, 3.63) is 28.8 Å². The van der Waals surface area contributed by atoms with Crippen molar-refractivity contribution in [1.82, 2.24) is 5.32 Å². The highest BCUT2D eigenvalue weighted by atomic mass is 35.5. The van der Waals surface area contributed by atoms with Crippen LogP contribution < -0.4 is 10.2 Å². The number of halogens is 1. The molecule has 114 valence electrons.